The number of nitrogens with two attached hydrogens (primary N) is 1. The van der Waals surface area contributed by atoms with Crippen LogP contribution < -0.4 is 10.5 Å². The Balaban J connectivity index is 3.31. The van der Waals surface area contributed by atoms with E-state index in [1.165, 1.54) is 22.3 Å². The third-order valence-electron chi connectivity index (χ3n) is 2.86. The Bertz CT molecular complexity index is 356. The molecule has 84 valence electrons. The molecule has 1 aromatic carbocycles. The van der Waals surface area contributed by atoms with Crippen molar-refractivity contribution >= 4 is 0 Å². The number of hydrogen-bond donors (Lipinski definition) is 1. The number of rotatable bonds is 3. The van der Waals surface area contributed by atoms with Crippen LogP contribution in [-0.4, -0.2) is 6.61 Å². The molecular formula is C13H21NO. The maximum Gasteiger partial charge on any atom is 0.122 e. The second-order valence-electron chi connectivity index (χ2n) is 4.08. The van der Waals surface area contributed by atoms with Gasteiger partial charge in [-0.2, -0.15) is 0 Å². The molecule has 0 radical (unpaired) electrons. The fourth-order valence-electron chi connectivity index (χ4n) is 2.07. The second-order valence-corrected chi connectivity index (χ2v) is 4.08. The van der Waals surface area contributed by atoms with Crippen LogP contribution in [0.25, 0.3) is 0 Å². The quantitative estimate of drug-likeness (QED) is 0.826. The molecule has 0 saturated heterocycles. The topological polar surface area (TPSA) is 35.2 Å². The summed E-state index contributed by atoms with van der Waals surface area (Å²) in [5.74, 6) is 0.983. The molecule has 0 amide bonds. The van der Waals surface area contributed by atoms with Gasteiger partial charge in [0.15, 0.2) is 0 Å². The van der Waals surface area contributed by atoms with Crippen molar-refractivity contribution in [3.8, 4) is 5.75 Å². The highest BCUT2D eigenvalue weighted by atomic mass is 16.5. The lowest BCUT2D eigenvalue weighted by molar-refractivity contribution is 0.337. The fraction of sp³-hybridized carbons (Fsp3) is 0.538. The molecule has 0 aromatic heterocycles. The molecular weight excluding hydrogens is 186 g/mol. The first-order valence-electron chi connectivity index (χ1n) is 5.48. The highest BCUT2D eigenvalue weighted by molar-refractivity contribution is 5.49. The minimum absolute atomic E-state index is 0.0828. The molecule has 1 aromatic rings. The SMILES string of the molecule is CCOc1cc(C)c(C(C)N)c(C)c1C. The van der Waals surface area contributed by atoms with E-state index >= 15 is 0 Å². The summed E-state index contributed by atoms with van der Waals surface area (Å²) in [6.45, 7) is 11.0. The van der Waals surface area contributed by atoms with Gasteiger partial charge in [-0.3, -0.25) is 0 Å². The molecule has 1 atom stereocenters. The van der Waals surface area contributed by atoms with E-state index in [4.69, 9.17) is 10.5 Å². The van der Waals surface area contributed by atoms with Gasteiger partial charge in [-0.25, -0.2) is 0 Å². The van der Waals surface area contributed by atoms with Crippen molar-refractivity contribution in [3.63, 3.8) is 0 Å². The molecule has 2 heteroatoms. The molecule has 0 aliphatic heterocycles. The summed E-state index contributed by atoms with van der Waals surface area (Å²) in [5, 5.41) is 0. The molecule has 2 nitrogen and oxygen atoms in total. The van der Waals surface area contributed by atoms with E-state index in [9.17, 15) is 0 Å². The van der Waals surface area contributed by atoms with E-state index in [1.54, 1.807) is 0 Å². The Kier molecular flexibility index (Phi) is 3.75. The highest BCUT2D eigenvalue weighted by Crippen LogP contribution is 2.30. The molecule has 15 heavy (non-hydrogen) atoms. The predicted octanol–water partition coefficient (Wildman–Crippen LogP) is 3.03. The van der Waals surface area contributed by atoms with E-state index in [2.05, 4.69) is 26.8 Å². The lowest BCUT2D eigenvalue weighted by Gasteiger charge is -2.19. The number of hydrogen-bond acceptors (Lipinski definition) is 2. The van der Waals surface area contributed by atoms with Crippen LogP contribution in [0.3, 0.4) is 0 Å². The Labute approximate surface area is 92.4 Å². The maximum atomic E-state index is 5.97. The summed E-state index contributed by atoms with van der Waals surface area (Å²) in [6.07, 6.45) is 0. The molecule has 0 spiro atoms. The van der Waals surface area contributed by atoms with Crippen molar-refractivity contribution in [2.24, 2.45) is 5.73 Å². The minimum atomic E-state index is 0.0828. The summed E-state index contributed by atoms with van der Waals surface area (Å²) in [4.78, 5) is 0. The van der Waals surface area contributed by atoms with Crippen LogP contribution >= 0.6 is 0 Å². The Hall–Kier alpha value is -1.02. The van der Waals surface area contributed by atoms with Crippen LogP contribution in [0.2, 0.25) is 0 Å². The van der Waals surface area contributed by atoms with Crippen LogP contribution in [0, 0.1) is 20.8 Å². The zero-order valence-corrected chi connectivity index (χ0v) is 10.3. The first kappa shape index (κ1) is 12.1. The largest absolute Gasteiger partial charge is 0.494 e. The van der Waals surface area contributed by atoms with Gasteiger partial charge in [0.05, 0.1) is 6.61 Å². The van der Waals surface area contributed by atoms with Crippen LogP contribution in [0.5, 0.6) is 5.75 Å². The molecule has 2 N–H and O–H groups in total. The zero-order valence-electron chi connectivity index (χ0n) is 10.3. The summed E-state index contributed by atoms with van der Waals surface area (Å²) >= 11 is 0. The Morgan fingerprint density at radius 1 is 1.27 bits per heavy atom. The van der Waals surface area contributed by atoms with E-state index < -0.39 is 0 Å². The van der Waals surface area contributed by atoms with Gasteiger partial charge < -0.3 is 10.5 Å². The second kappa shape index (κ2) is 4.67. The summed E-state index contributed by atoms with van der Waals surface area (Å²) in [5.41, 5.74) is 10.9. The third-order valence-corrected chi connectivity index (χ3v) is 2.86. The van der Waals surface area contributed by atoms with Crippen molar-refractivity contribution in [3.05, 3.63) is 28.3 Å². The van der Waals surface area contributed by atoms with Crippen molar-refractivity contribution in [1.82, 2.24) is 0 Å². The molecule has 0 aliphatic carbocycles. The average molecular weight is 207 g/mol. The molecule has 0 saturated carbocycles. The monoisotopic (exact) mass is 207 g/mol. The molecule has 0 aliphatic rings. The summed E-state index contributed by atoms with van der Waals surface area (Å²) in [7, 11) is 0. The van der Waals surface area contributed by atoms with Crippen molar-refractivity contribution < 1.29 is 4.74 Å². The maximum absolute atomic E-state index is 5.97. The average Bonchev–Trinajstić information content (AvgIpc) is 2.13. The van der Waals surface area contributed by atoms with Crippen LogP contribution in [0.4, 0.5) is 0 Å². The van der Waals surface area contributed by atoms with Gasteiger partial charge in [0.2, 0.25) is 0 Å². The van der Waals surface area contributed by atoms with Gasteiger partial charge in [0.1, 0.15) is 5.75 Å². The lowest BCUT2D eigenvalue weighted by atomic mass is 9.93. The first-order valence-corrected chi connectivity index (χ1v) is 5.48. The Morgan fingerprint density at radius 3 is 2.33 bits per heavy atom. The van der Waals surface area contributed by atoms with E-state index in [-0.39, 0.29) is 6.04 Å². The van der Waals surface area contributed by atoms with Gasteiger partial charge in [-0.15, -0.1) is 0 Å². The van der Waals surface area contributed by atoms with Gasteiger partial charge in [0, 0.05) is 6.04 Å². The number of benzene rings is 1. The minimum Gasteiger partial charge on any atom is -0.494 e. The highest BCUT2D eigenvalue weighted by Gasteiger charge is 2.13. The molecule has 1 unspecified atom stereocenters. The summed E-state index contributed by atoms with van der Waals surface area (Å²) in [6, 6.07) is 2.17. The van der Waals surface area contributed by atoms with Gasteiger partial charge in [-0.05, 0) is 62.9 Å². The number of aryl methyl sites for hydroxylation is 1. The van der Waals surface area contributed by atoms with Crippen LogP contribution in [0.1, 0.15) is 42.1 Å². The smallest absolute Gasteiger partial charge is 0.122 e. The molecule has 0 fully saturated rings. The molecule has 1 rings (SSSR count). The van der Waals surface area contributed by atoms with E-state index in [0.717, 1.165) is 5.75 Å². The van der Waals surface area contributed by atoms with Gasteiger partial charge >= 0.3 is 0 Å². The first-order chi connectivity index (χ1) is 6.99. The zero-order chi connectivity index (χ0) is 11.6. The normalized spacial score (nSPS) is 12.7. The lowest BCUT2D eigenvalue weighted by Crippen LogP contribution is -2.11. The van der Waals surface area contributed by atoms with Crippen molar-refractivity contribution in [2.75, 3.05) is 6.61 Å². The van der Waals surface area contributed by atoms with E-state index in [1.807, 2.05) is 13.8 Å². The predicted molar refractivity (Wildman–Crippen MR) is 64.4 cm³/mol. The standard InChI is InChI=1S/C13H21NO/c1-6-15-12-7-8(2)13(11(5)14)10(4)9(12)3/h7,11H,6,14H2,1-5H3. The molecule has 0 bridgehead atoms. The van der Waals surface area contributed by atoms with Crippen LogP contribution in [0.15, 0.2) is 6.07 Å². The van der Waals surface area contributed by atoms with Crippen LogP contribution in [-0.2, 0) is 0 Å². The summed E-state index contributed by atoms with van der Waals surface area (Å²) < 4.78 is 5.59. The fourth-order valence-corrected chi connectivity index (χ4v) is 2.07. The molecule has 0 heterocycles. The Morgan fingerprint density at radius 2 is 1.87 bits per heavy atom. The number of ether oxygens (including phenoxy) is 1. The third kappa shape index (κ3) is 2.32. The van der Waals surface area contributed by atoms with Crippen molar-refractivity contribution in [1.29, 1.82) is 0 Å². The van der Waals surface area contributed by atoms with Crippen molar-refractivity contribution in [2.45, 2.75) is 40.7 Å². The van der Waals surface area contributed by atoms with E-state index in [0.29, 0.717) is 6.61 Å². The van der Waals surface area contributed by atoms with Gasteiger partial charge in [0.25, 0.3) is 0 Å². The van der Waals surface area contributed by atoms with Gasteiger partial charge in [-0.1, -0.05) is 0 Å².